The van der Waals surface area contributed by atoms with Gasteiger partial charge in [0.15, 0.2) is 21.4 Å². The molecule has 0 bridgehead atoms. The molecule has 1 fully saturated rings. The normalized spacial score (nSPS) is 24.5. The lowest BCUT2D eigenvalue weighted by molar-refractivity contribution is -0.156. The molecule has 2 aromatic carbocycles. The van der Waals surface area contributed by atoms with Crippen molar-refractivity contribution in [3.8, 4) is 5.75 Å². The van der Waals surface area contributed by atoms with E-state index in [1.54, 1.807) is 32.0 Å². The summed E-state index contributed by atoms with van der Waals surface area (Å²) in [6.45, 7) is 3.71. The van der Waals surface area contributed by atoms with Crippen molar-refractivity contribution >= 4 is 42.0 Å². The van der Waals surface area contributed by atoms with Crippen molar-refractivity contribution in [1.82, 2.24) is 0 Å². The molecule has 5 nitrogen and oxygen atoms in total. The van der Waals surface area contributed by atoms with Gasteiger partial charge in [-0.15, -0.1) is 9.24 Å². The Morgan fingerprint density at radius 3 is 2.64 bits per heavy atom. The molecule has 0 aromatic heterocycles. The van der Waals surface area contributed by atoms with E-state index in [2.05, 4.69) is 9.24 Å². The van der Waals surface area contributed by atoms with Crippen LogP contribution in [0.3, 0.4) is 0 Å². The molecule has 2 aliphatic rings. The van der Waals surface area contributed by atoms with Crippen LogP contribution < -0.4 is 10.0 Å². The number of carbonyl (C=O) groups excluding carboxylic acids is 1. The number of ether oxygens (including phenoxy) is 2. The summed E-state index contributed by atoms with van der Waals surface area (Å²) in [5.41, 5.74) is -0.290. The molecular weight excluding hydrogens is 486 g/mol. The Hall–Kier alpha value is -1.69. The largest absolute Gasteiger partial charge is 0.490 e. The molecule has 1 heterocycles. The van der Waals surface area contributed by atoms with Crippen LogP contribution in [-0.2, 0) is 24.8 Å². The highest BCUT2D eigenvalue weighted by molar-refractivity contribution is 7.91. The summed E-state index contributed by atoms with van der Waals surface area (Å²) < 4.78 is 53.3. The summed E-state index contributed by atoms with van der Waals surface area (Å²) in [6.07, 6.45) is 1.05. The van der Waals surface area contributed by atoms with E-state index in [4.69, 9.17) is 21.1 Å². The Kier molecular flexibility index (Phi) is 6.78. The molecular formula is C24H27ClFO5PS. The molecule has 0 spiro atoms. The highest BCUT2D eigenvalue weighted by Crippen LogP contribution is 2.52. The number of sulfone groups is 1. The van der Waals surface area contributed by atoms with Gasteiger partial charge in [-0.1, -0.05) is 31.5 Å². The van der Waals surface area contributed by atoms with E-state index in [9.17, 15) is 17.6 Å². The van der Waals surface area contributed by atoms with Crippen LogP contribution in [0.25, 0.3) is 0 Å². The topological polar surface area (TPSA) is 69.7 Å². The van der Waals surface area contributed by atoms with Crippen LogP contribution >= 0.6 is 20.8 Å². The average molecular weight is 513 g/mol. The van der Waals surface area contributed by atoms with Gasteiger partial charge in [0.25, 0.3) is 0 Å². The molecule has 1 aliphatic carbocycles. The maximum atomic E-state index is 14.8. The standard InChI is InChI=1S/C24H27ClFO5PS/c1-14(2)23(27)31-17-9-10-24(13-33(28,29)18-5-3-16(25)4-6-18)15(11-17)12-30-22-19(26)7-8-20(32)21(22)24/h3-8,14-15,17H,9-13,32H2,1-2H3/t15-,17-,24+/m1/s1. The molecule has 9 heteroatoms. The molecule has 4 atom stereocenters. The van der Waals surface area contributed by atoms with Gasteiger partial charge >= 0.3 is 5.97 Å². The van der Waals surface area contributed by atoms with Gasteiger partial charge in [0, 0.05) is 21.9 Å². The predicted molar refractivity (Wildman–Crippen MR) is 128 cm³/mol. The van der Waals surface area contributed by atoms with Crippen LogP contribution in [-0.4, -0.2) is 32.9 Å². The zero-order valence-electron chi connectivity index (χ0n) is 18.5. The second kappa shape index (κ2) is 9.16. The van der Waals surface area contributed by atoms with E-state index in [1.165, 1.54) is 18.2 Å². The highest BCUT2D eigenvalue weighted by atomic mass is 35.5. The SMILES string of the molecule is CC(C)C(=O)O[C@@H]1CC[C@@]2(CS(=O)(=O)c3ccc(Cl)cc3)c3c(P)ccc(F)c3OC[C@H]2C1. The molecule has 4 rings (SSSR count). The van der Waals surface area contributed by atoms with Crippen molar-refractivity contribution in [1.29, 1.82) is 0 Å². The number of carbonyl (C=O) groups is 1. The number of fused-ring (bicyclic) bond motifs is 3. The van der Waals surface area contributed by atoms with Gasteiger partial charge in [-0.25, -0.2) is 12.8 Å². The summed E-state index contributed by atoms with van der Waals surface area (Å²) >= 11 is 5.95. The average Bonchev–Trinajstić information content (AvgIpc) is 2.76. The fourth-order valence-electron chi connectivity index (χ4n) is 4.99. The van der Waals surface area contributed by atoms with Gasteiger partial charge in [-0.05, 0) is 54.9 Å². The third-order valence-corrected chi connectivity index (χ3v) is 9.30. The minimum atomic E-state index is -3.74. The molecule has 178 valence electrons. The lowest BCUT2D eigenvalue weighted by atomic mass is 9.62. The van der Waals surface area contributed by atoms with E-state index in [1.807, 2.05) is 0 Å². The van der Waals surface area contributed by atoms with Gasteiger partial charge in [-0.3, -0.25) is 4.79 Å². The van der Waals surface area contributed by atoms with Crippen LogP contribution in [0.1, 0.15) is 38.7 Å². The van der Waals surface area contributed by atoms with E-state index in [0.717, 1.165) is 0 Å². The summed E-state index contributed by atoms with van der Waals surface area (Å²) in [5.74, 6) is -1.38. The van der Waals surface area contributed by atoms with Gasteiger partial charge < -0.3 is 9.47 Å². The number of halogens is 2. The van der Waals surface area contributed by atoms with Gasteiger partial charge in [0.1, 0.15) is 6.10 Å². The van der Waals surface area contributed by atoms with Crippen molar-refractivity contribution in [3.63, 3.8) is 0 Å². The minimum absolute atomic E-state index is 0.114. The zero-order chi connectivity index (χ0) is 24.0. The molecule has 1 unspecified atom stereocenters. The first-order valence-electron chi connectivity index (χ1n) is 10.9. The van der Waals surface area contributed by atoms with Gasteiger partial charge in [0.05, 0.1) is 23.2 Å². The van der Waals surface area contributed by atoms with Crippen LogP contribution in [0.2, 0.25) is 5.02 Å². The summed E-state index contributed by atoms with van der Waals surface area (Å²) in [4.78, 5) is 12.3. The number of hydrogen-bond donors (Lipinski definition) is 0. The second-order valence-corrected chi connectivity index (χ2v) is 12.3. The van der Waals surface area contributed by atoms with Gasteiger partial charge in [0.2, 0.25) is 0 Å². The van der Waals surface area contributed by atoms with Gasteiger partial charge in [-0.2, -0.15) is 0 Å². The summed E-state index contributed by atoms with van der Waals surface area (Å²) in [7, 11) is -1.14. The first-order chi connectivity index (χ1) is 15.5. The lowest BCUT2D eigenvalue weighted by Gasteiger charge is -2.50. The van der Waals surface area contributed by atoms with Crippen LogP contribution in [0, 0.1) is 17.7 Å². The third kappa shape index (κ3) is 4.65. The van der Waals surface area contributed by atoms with Crippen molar-refractivity contribution in [2.45, 2.75) is 49.5 Å². The zero-order valence-corrected chi connectivity index (χ0v) is 21.2. The predicted octanol–water partition coefficient (Wildman–Crippen LogP) is 4.45. The minimum Gasteiger partial charge on any atom is -0.490 e. The van der Waals surface area contributed by atoms with E-state index >= 15 is 0 Å². The quantitative estimate of drug-likeness (QED) is 0.437. The molecule has 0 amide bonds. The van der Waals surface area contributed by atoms with Crippen molar-refractivity contribution < 1.29 is 27.1 Å². The number of benzene rings is 2. The molecule has 0 radical (unpaired) electrons. The Labute approximate surface area is 201 Å². The maximum absolute atomic E-state index is 14.8. The van der Waals surface area contributed by atoms with Crippen LogP contribution in [0.4, 0.5) is 4.39 Å². The van der Waals surface area contributed by atoms with E-state index in [-0.39, 0.29) is 46.9 Å². The van der Waals surface area contributed by atoms with Crippen LogP contribution in [0.15, 0.2) is 41.3 Å². The van der Waals surface area contributed by atoms with E-state index in [0.29, 0.717) is 35.2 Å². The summed E-state index contributed by atoms with van der Waals surface area (Å²) in [5, 5.41) is 1.16. The Bertz CT molecular complexity index is 1170. The maximum Gasteiger partial charge on any atom is 0.308 e. The molecule has 1 saturated carbocycles. The van der Waals surface area contributed by atoms with Crippen molar-refractivity contribution in [2.75, 3.05) is 12.4 Å². The first-order valence-corrected chi connectivity index (χ1v) is 13.5. The number of hydrogen-bond acceptors (Lipinski definition) is 5. The third-order valence-electron chi connectivity index (χ3n) is 6.68. The Morgan fingerprint density at radius 2 is 1.97 bits per heavy atom. The molecule has 0 saturated heterocycles. The molecule has 1 aliphatic heterocycles. The molecule has 33 heavy (non-hydrogen) atoms. The monoisotopic (exact) mass is 512 g/mol. The second-order valence-electron chi connectivity index (χ2n) is 9.21. The molecule has 0 N–H and O–H groups in total. The molecule has 2 aromatic rings. The number of esters is 1. The number of rotatable bonds is 5. The van der Waals surface area contributed by atoms with E-state index < -0.39 is 21.1 Å². The van der Waals surface area contributed by atoms with Crippen LogP contribution in [0.5, 0.6) is 5.75 Å². The fraction of sp³-hybridized carbons (Fsp3) is 0.458. The fourth-order valence-corrected chi connectivity index (χ4v) is 7.55. The van der Waals surface area contributed by atoms with Crippen molar-refractivity contribution in [3.05, 3.63) is 52.8 Å². The van der Waals surface area contributed by atoms with Crippen molar-refractivity contribution in [2.24, 2.45) is 11.8 Å². The highest BCUT2D eigenvalue weighted by Gasteiger charge is 2.53. The summed E-state index contributed by atoms with van der Waals surface area (Å²) in [6, 6.07) is 9.04. The Balaban J connectivity index is 1.76. The smallest absolute Gasteiger partial charge is 0.308 e. The lowest BCUT2D eigenvalue weighted by Crippen LogP contribution is -2.53. The first kappa shape index (κ1) is 24.4. The Morgan fingerprint density at radius 1 is 1.27 bits per heavy atom.